The minimum atomic E-state index is -4.46. The van der Waals surface area contributed by atoms with Gasteiger partial charge in [-0.3, -0.25) is 4.79 Å². The molecule has 0 unspecified atom stereocenters. The predicted molar refractivity (Wildman–Crippen MR) is 101 cm³/mol. The van der Waals surface area contributed by atoms with Gasteiger partial charge in [-0.15, -0.1) is 0 Å². The van der Waals surface area contributed by atoms with Crippen molar-refractivity contribution in [1.29, 1.82) is 0 Å². The second kappa shape index (κ2) is 9.21. The zero-order valence-corrected chi connectivity index (χ0v) is 15.4. The highest BCUT2D eigenvalue weighted by Crippen LogP contribution is 2.29. The SMILES string of the molecule is CC(C)c1ccccc1NC(=O)COC(=O)/C=C/c1cccc(C(F)(F)F)c1. The van der Waals surface area contributed by atoms with Crippen LogP contribution in [0, 0.1) is 0 Å². The number of hydrogen-bond acceptors (Lipinski definition) is 3. The number of alkyl halides is 3. The summed E-state index contributed by atoms with van der Waals surface area (Å²) in [6.45, 7) is 3.48. The minimum absolute atomic E-state index is 0.196. The van der Waals surface area contributed by atoms with E-state index in [9.17, 15) is 22.8 Å². The van der Waals surface area contributed by atoms with Gasteiger partial charge in [-0.1, -0.05) is 44.2 Å². The summed E-state index contributed by atoms with van der Waals surface area (Å²) < 4.78 is 42.9. The molecule has 0 aliphatic heterocycles. The van der Waals surface area contributed by atoms with Gasteiger partial charge in [0.15, 0.2) is 6.61 Å². The first-order valence-electron chi connectivity index (χ1n) is 8.57. The molecule has 2 rings (SSSR count). The van der Waals surface area contributed by atoms with E-state index in [1.54, 1.807) is 12.1 Å². The van der Waals surface area contributed by atoms with E-state index in [-0.39, 0.29) is 11.5 Å². The summed E-state index contributed by atoms with van der Waals surface area (Å²) >= 11 is 0. The number of carbonyl (C=O) groups excluding carboxylic acids is 2. The molecule has 28 heavy (non-hydrogen) atoms. The van der Waals surface area contributed by atoms with E-state index in [1.165, 1.54) is 18.2 Å². The second-order valence-corrected chi connectivity index (χ2v) is 6.35. The first kappa shape index (κ1) is 21.2. The van der Waals surface area contributed by atoms with Gasteiger partial charge in [0.1, 0.15) is 0 Å². The van der Waals surface area contributed by atoms with Gasteiger partial charge >= 0.3 is 12.1 Å². The fourth-order valence-corrected chi connectivity index (χ4v) is 2.47. The predicted octanol–water partition coefficient (Wildman–Crippen LogP) is 5.02. The Hall–Kier alpha value is -3.09. The van der Waals surface area contributed by atoms with Crippen molar-refractivity contribution in [2.24, 2.45) is 0 Å². The Kier molecular flexibility index (Phi) is 6.98. The van der Waals surface area contributed by atoms with Gasteiger partial charge in [-0.05, 0) is 41.3 Å². The molecule has 2 aromatic rings. The van der Waals surface area contributed by atoms with E-state index < -0.39 is 30.2 Å². The molecule has 4 nitrogen and oxygen atoms in total. The van der Waals surface area contributed by atoms with Crippen LogP contribution in [0.5, 0.6) is 0 Å². The monoisotopic (exact) mass is 391 g/mol. The second-order valence-electron chi connectivity index (χ2n) is 6.35. The number of halogens is 3. The Bertz CT molecular complexity index is 873. The topological polar surface area (TPSA) is 55.4 Å². The highest BCUT2D eigenvalue weighted by atomic mass is 19.4. The first-order chi connectivity index (χ1) is 13.2. The molecule has 1 amide bonds. The third kappa shape index (κ3) is 6.26. The summed E-state index contributed by atoms with van der Waals surface area (Å²) in [6.07, 6.45) is -2.29. The molecule has 0 fully saturated rings. The van der Waals surface area contributed by atoms with E-state index >= 15 is 0 Å². The molecule has 1 N–H and O–H groups in total. The van der Waals surface area contributed by atoms with Crippen molar-refractivity contribution >= 4 is 23.6 Å². The number of rotatable bonds is 6. The standard InChI is InChI=1S/C21H20F3NO3/c1-14(2)17-8-3-4-9-18(17)25-19(26)13-28-20(27)11-10-15-6-5-7-16(12-15)21(22,23)24/h3-12,14H,13H2,1-2H3,(H,25,26)/b11-10+. The quantitative estimate of drug-likeness (QED) is 0.555. The average molecular weight is 391 g/mol. The van der Waals surface area contributed by atoms with Gasteiger partial charge in [0.05, 0.1) is 5.56 Å². The molecule has 0 saturated heterocycles. The summed E-state index contributed by atoms with van der Waals surface area (Å²) in [4.78, 5) is 23.7. The summed E-state index contributed by atoms with van der Waals surface area (Å²) in [7, 11) is 0. The van der Waals surface area contributed by atoms with Gasteiger partial charge in [0.2, 0.25) is 0 Å². The largest absolute Gasteiger partial charge is 0.452 e. The Labute approximate surface area is 161 Å². The van der Waals surface area contributed by atoms with Crippen molar-refractivity contribution in [3.63, 3.8) is 0 Å². The van der Waals surface area contributed by atoms with Crippen LogP contribution in [0.1, 0.15) is 36.5 Å². The molecule has 0 aliphatic carbocycles. The molecule has 148 valence electrons. The summed E-state index contributed by atoms with van der Waals surface area (Å²) in [5.41, 5.74) is 0.970. The molecule has 0 aliphatic rings. The Morgan fingerprint density at radius 1 is 1.11 bits per heavy atom. The molecule has 0 atom stereocenters. The van der Waals surface area contributed by atoms with Gasteiger partial charge < -0.3 is 10.1 Å². The van der Waals surface area contributed by atoms with Crippen LogP contribution in [0.3, 0.4) is 0 Å². The van der Waals surface area contributed by atoms with Crippen LogP contribution in [0.2, 0.25) is 0 Å². The zero-order chi connectivity index (χ0) is 20.7. The summed E-state index contributed by atoms with van der Waals surface area (Å²) in [5, 5.41) is 2.68. The molecule has 0 radical (unpaired) electrons. The normalized spacial score (nSPS) is 11.6. The van der Waals surface area contributed by atoms with Crippen molar-refractivity contribution in [3.05, 3.63) is 71.3 Å². The van der Waals surface area contributed by atoms with Crippen molar-refractivity contribution in [1.82, 2.24) is 0 Å². The number of hydrogen-bond donors (Lipinski definition) is 1. The van der Waals surface area contributed by atoms with Gasteiger partial charge in [0, 0.05) is 11.8 Å². The number of anilines is 1. The highest BCUT2D eigenvalue weighted by Gasteiger charge is 2.30. The summed E-state index contributed by atoms with van der Waals surface area (Å²) in [5.74, 6) is -1.13. The maximum Gasteiger partial charge on any atom is 0.416 e. The lowest BCUT2D eigenvalue weighted by Gasteiger charge is -2.13. The summed E-state index contributed by atoms with van der Waals surface area (Å²) in [6, 6.07) is 11.8. The van der Waals surface area contributed by atoms with E-state index in [1.807, 2.05) is 26.0 Å². The molecule has 0 heterocycles. The minimum Gasteiger partial charge on any atom is -0.452 e. The fourth-order valence-electron chi connectivity index (χ4n) is 2.47. The lowest BCUT2D eigenvalue weighted by Crippen LogP contribution is -2.21. The van der Waals surface area contributed by atoms with Crippen molar-refractivity contribution in [3.8, 4) is 0 Å². The number of ether oxygens (including phenoxy) is 1. The van der Waals surface area contributed by atoms with Crippen LogP contribution >= 0.6 is 0 Å². The third-order valence-corrected chi connectivity index (χ3v) is 3.83. The Morgan fingerprint density at radius 2 is 1.82 bits per heavy atom. The first-order valence-corrected chi connectivity index (χ1v) is 8.57. The Balaban J connectivity index is 1.91. The molecular formula is C21H20F3NO3. The fraction of sp³-hybridized carbons (Fsp3) is 0.238. The molecular weight excluding hydrogens is 371 g/mol. The number of amides is 1. The maximum atomic E-state index is 12.7. The highest BCUT2D eigenvalue weighted by molar-refractivity contribution is 5.95. The van der Waals surface area contributed by atoms with E-state index in [0.717, 1.165) is 23.8 Å². The van der Waals surface area contributed by atoms with E-state index in [2.05, 4.69) is 5.32 Å². The number of nitrogens with one attached hydrogen (secondary N) is 1. The van der Waals surface area contributed by atoms with Crippen LogP contribution in [-0.4, -0.2) is 18.5 Å². The number of para-hydroxylation sites is 1. The smallest absolute Gasteiger partial charge is 0.416 e. The van der Waals surface area contributed by atoms with Crippen molar-refractivity contribution < 1.29 is 27.5 Å². The molecule has 0 spiro atoms. The lowest BCUT2D eigenvalue weighted by molar-refractivity contribution is -0.142. The third-order valence-electron chi connectivity index (χ3n) is 3.83. The Morgan fingerprint density at radius 3 is 2.50 bits per heavy atom. The van der Waals surface area contributed by atoms with Crippen LogP contribution in [0.25, 0.3) is 6.08 Å². The maximum absolute atomic E-state index is 12.7. The van der Waals surface area contributed by atoms with Crippen molar-refractivity contribution in [2.45, 2.75) is 25.9 Å². The molecule has 0 aromatic heterocycles. The zero-order valence-electron chi connectivity index (χ0n) is 15.4. The number of benzene rings is 2. The number of esters is 1. The van der Waals surface area contributed by atoms with E-state index in [0.29, 0.717) is 5.69 Å². The molecule has 2 aromatic carbocycles. The van der Waals surface area contributed by atoms with Crippen LogP contribution < -0.4 is 5.32 Å². The van der Waals surface area contributed by atoms with Gasteiger partial charge in [0.25, 0.3) is 5.91 Å². The molecule has 0 saturated carbocycles. The molecule has 0 bridgehead atoms. The number of carbonyl (C=O) groups is 2. The van der Waals surface area contributed by atoms with Crippen LogP contribution in [0.4, 0.5) is 18.9 Å². The van der Waals surface area contributed by atoms with Crippen LogP contribution in [-0.2, 0) is 20.5 Å². The lowest BCUT2D eigenvalue weighted by atomic mass is 10.0. The van der Waals surface area contributed by atoms with Gasteiger partial charge in [-0.25, -0.2) is 4.79 Å². The van der Waals surface area contributed by atoms with Crippen LogP contribution in [0.15, 0.2) is 54.6 Å². The van der Waals surface area contributed by atoms with Crippen molar-refractivity contribution in [2.75, 3.05) is 11.9 Å². The van der Waals surface area contributed by atoms with E-state index in [4.69, 9.17) is 4.74 Å². The molecule has 7 heteroatoms. The average Bonchev–Trinajstić information content (AvgIpc) is 2.64. The van der Waals surface area contributed by atoms with Gasteiger partial charge in [-0.2, -0.15) is 13.2 Å².